The van der Waals surface area contributed by atoms with Gasteiger partial charge in [-0.05, 0) is 55.3 Å². The zero-order valence-corrected chi connectivity index (χ0v) is 17.3. The van der Waals surface area contributed by atoms with Crippen LogP contribution in [0.4, 0.5) is 5.82 Å². The number of nitrogens with one attached hydrogen (secondary N) is 1. The minimum absolute atomic E-state index is 0.0735. The quantitative estimate of drug-likeness (QED) is 0.454. The maximum absolute atomic E-state index is 11.4. The molecule has 0 amide bonds. The van der Waals surface area contributed by atoms with Crippen molar-refractivity contribution in [2.45, 2.75) is 25.3 Å². The van der Waals surface area contributed by atoms with Crippen LogP contribution in [0.5, 0.6) is 5.75 Å². The Hall–Kier alpha value is -3.43. The third-order valence-electron chi connectivity index (χ3n) is 4.82. The van der Waals surface area contributed by atoms with Crippen LogP contribution in [0.1, 0.15) is 16.8 Å². The molecule has 0 fully saturated rings. The van der Waals surface area contributed by atoms with E-state index in [9.17, 15) is 13.5 Å². The second kappa shape index (κ2) is 7.43. The fourth-order valence-electron chi connectivity index (χ4n) is 3.24. The number of phenolic OH excluding ortho intramolecular Hbond substituents is 1. The zero-order valence-electron chi connectivity index (χ0n) is 16.5. The number of sulfonamides is 1. The Morgan fingerprint density at radius 3 is 2.53 bits per heavy atom. The summed E-state index contributed by atoms with van der Waals surface area (Å²) in [5, 5.41) is 18.2. The van der Waals surface area contributed by atoms with Crippen molar-refractivity contribution >= 4 is 21.5 Å². The van der Waals surface area contributed by atoms with Crippen molar-refractivity contribution < 1.29 is 13.5 Å². The summed E-state index contributed by atoms with van der Waals surface area (Å²) in [7, 11) is -3.71. The minimum Gasteiger partial charge on any atom is -0.508 e. The number of phenols is 1. The molecule has 0 aliphatic carbocycles. The number of aromatic nitrogens is 3. The molecule has 0 atom stereocenters. The van der Waals surface area contributed by atoms with Crippen LogP contribution >= 0.6 is 0 Å². The molecule has 9 heteroatoms. The maximum Gasteiger partial charge on any atom is 0.238 e. The molecular weight excluding hydrogens is 402 g/mol. The highest BCUT2D eigenvalue weighted by atomic mass is 32.2. The highest BCUT2D eigenvalue weighted by molar-refractivity contribution is 7.89. The van der Waals surface area contributed by atoms with E-state index in [1.807, 2.05) is 36.6 Å². The van der Waals surface area contributed by atoms with Crippen molar-refractivity contribution in [2.24, 2.45) is 5.14 Å². The summed E-state index contributed by atoms with van der Waals surface area (Å²) in [6.07, 6.45) is 3.68. The maximum atomic E-state index is 11.4. The van der Waals surface area contributed by atoms with Crippen molar-refractivity contribution in [3.8, 4) is 17.0 Å². The van der Waals surface area contributed by atoms with Gasteiger partial charge in [0.15, 0.2) is 11.5 Å². The number of fused-ring (bicyclic) bond motifs is 1. The molecule has 0 saturated heterocycles. The van der Waals surface area contributed by atoms with Crippen LogP contribution in [0, 0.1) is 13.8 Å². The number of hydrogen-bond acceptors (Lipinski definition) is 6. The summed E-state index contributed by atoms with van der Waals surface area (Å²) in [5.41, 5.74) is 4.97. The number of primary sulfonamides is 1. The number of nitrogens with two attached hydrogens (primary N) is 1. The van der Waals surface area contributed by atoms with E-state index in [0.29, 0.717) is 18.0 Å². The second-order valence-electron chi connectivity index (χ2n) is 7.11. The molecule has 4 N–H and O–H groups in total. The predicted molar refractivity (Wildman–Crippen MR) is 115 cm³/mol. The number of benzene rings is 2. The van der Waals surface area contributed by atoms with Gasteiger partial charge in [-0.1, -0.05) is 12.1 Å². The van der Waals surface area contributed by atoms with E-state index < -0.39 is 10.0 Å². The molecule has 0 spiro atoms. The lowest BCUT2D eigenvalue weighted by Crippen LogP contribution is -2.12. The zero-order chi connectivity index (χ0) is 21.5. The van der Waals surface area contributed by atoms with Gasteiger partial charge in [0.1, 0.15) is 5.75 Å². The van der Waals surface area contributed by atoms with Gasteiger partial charge < -0.3 is 10.4 Å². The first-order valence-corrected chi connectivity index (χ1v) is 10.8. The van der Waals surface area contributed by atoms with E-state index in [2.05, 4.69) is 15.3 Å². The van der Waals surface area contributed by atoms with Crippen molar-refractivity contribution in [1.29, 1.82) is 0 Å². The van der Waals surface area contributed by atoms with E-state index in [4.69, 9.17) is 5.14 Å². The molecular formula is C21H21N5O3S. The highest BCUT2D eigenvalue weighted by Crippen LogP contribution is 2.28. The molecule has 0 aliphatic rings. The summed E-state index contributed by atoms with van der Waals surface area (Å²) in [4.78, 5) is 9.16. The van der Waals surface area contributed by atoms with Crippen molar-refractivity contribution in [3.05, 3.63) is 71.7 Å². The number of aryl methyl sites for hydroxylation is 2. The molecule has 0 radical (unpaired) electrons. The molecule has 30 heavy (non-hydrogen) atoms. The monoisotopic (exact) mass is 423 g/mol. The number of imidazole rings is 1. The molecule has 0 aliphatic heterocycles. The fourth-order valence-corrected chi connectivity index (χ4v) is 3.75. The number of aromatic hydroxyl groups is 1. The molecule has 2 aromatic heterocycles. The standard InChI is InChI=1S/C21H21N5O3S/c1-13-9-16(5-8-19(13)27)18-11-24-21-20(25-14(2)12-26(18)21)23-10-15-3-6-17(7-4-15)30(22,28)29/h3-9,11-12,27H,10H2,1-2H3,(H,23,25)(H2,22,28,29). The van der Waals surface area contributed by atoms with Crippen LogP contribution < -0.4 is 10.5 Å². The van der Waals surface area contributed by atoms with Gasteiger partial charge in [-0.25, -0.2) is 23.5 Å². The molecule has 0 saturated carbocycles. The van der Waals surface area contributed by atoms with Gasteiger partial charge in [-0.2, -0.15) is 0 Å². The SMILES string of the molecule is Cc1cn2c(-c3ccc(O)c(C)c3)cnc2c(NCc2ccc(S(N)(=O)=O)cc2)n1. The average molecular weight is 423 g/mol. The molecule has 0 bridgehead atoms. The van der Waals surface area contributed by atoms with Crippen molar-refractivity contribution in [1.82, 2.24) is 14.4 Å². The Balaban J connectivity index is 1.65. The van der Waals surface area contributed by atoms with Gasteiger partial charge in [0.25, 0.3) is 0 Å². The van der Waals surface area contributed by atoms with Gasteiger partial charge in [0.2, 0.25) is 10.0 Å². The number of rotatable bonds is 5. The first-order chi connectivity index (χ1) is 14.2. The molecule has 2 heterocycles. The third-order valence-corrected chi connectivity index (χ3v) is 5.75. The van der Waals surface area contributed by atoms with Gasteiger partial charge >= 0.3 is 0 Å². The fraction of sp³-hybridized carbons (Fsp3) is 0.143. The van der Waals surface area contributed by atoms with Gasteiger partial charge in [0, 0.05) is 18.3 Å². The van der Waals surface area contributed by atoms with Crippen molar-refractivity contribution in [2.75, 3.05) is 5.32 Å². The lowest BCUT2D eigenvalue weighted by atomic mass is 10.1. The Kier molecular flexibility index (Phi) is 4.92. The Morgan fingerprint density at radius 1 is 1.13 bits per heavy atom. The Morgan fingerprint density at radius 2 is 1.87 bits per heavy atom. The van der Waals surface area contributed by atoms with Gasteiger partial charge in [0.05, 0.1) is 22.5 Å². The van der Waals surface area contributed by atoms with E-state index in [1.54, 1.807) is 24.4 Å². The summed E-state index contributed by atoms with van der Waals surface area (Å²) in [5.74, 6) is 0.869. The minimum atomic E-state index is -3.71. The second-order valence-corrected chi connectivity index (χ2v) is 8.67. The smallest absolute Gasteiger partial charge is 0.238 e. The summed E-state index contributed by atoms with van der Waals surface area (Å²) in [6.45, 7) is 4.19. The lowest BCUT2D eigenvalue weighted by Gasteiger charge is -2.10. The number of anilines is 1. The molecule has 8 nitrogen and oxygen atoms in total. The molecule has 0 unspecified atom stereocenters. The first-order valence-electron chi connectivity index (χ1n) is 9.23. The first kappa shape index (κ1) is 19.9. The summed E-state index contributed by atoms with van der Waals surface area (Å²) >= 11 is 0. The predicted octanol–water partition coefficient (Wildman–Crippen LogP) is 2.98. The third kappa shape index (κ3) is 3.85. The van der Waals surface area contributed by atoms with E-state index in [0.717, 1.165) is 28.1 Å². The highest BCUT2D eigenvalue weighted by Gasteiger charge is 2.13. The molecule has 4 rings (SSSR count). The van der Waals surface area contributed by atoms with E-state index >= 15 is 0 Å². The van der Waals surface area contributed by atoms with Gasteiger partial charge in [-0.3, -0.25) is 4.40 Å². The molecule has 2 aromatic carbocycles. The number of hydrogen-bond donors (Lipinski definition) is 3. The Bertz CT molecular complexity index is 1350. The van der Waals surface area contributed by atoms with Crippen LogP contribution in [0.25, 0.3) is 16.9 Å². The largest absolute Gasteiger partial charge is 0.508 e. The summed E-state index contributed by atoms with van der Waals surface area (Å²) < 4.78 is 24.7. The van der Waals surface area contributed by atoms with Crippen LogP contribution in [-0.4, -0.2) is 27.9 Å². The Labute approximate surface area is 174 Å². The van der Waals surface area contributed by atoms with Crippen LogP contribution in [0.15, 0.2) is 59.8 Å². The van der Waals surface area contributed by atoms with Crippen molar-refractivity contribution in [3.63, 3.8) is 0 Å². The normalized spacial score (nSPS) is 11.7. The van der Waals surface area contributed by atoms with E-state index in [1.165, 1.54) is 12.1 Å². The van der Waals surface area contributed by atoms with Crippen LogP contribution in [0.2, 0.25) is 0 Å². The van der Waals surface area contributed by atoms with Crippen LogP contribution in [-0.2, 0) is 16.6 Å². The average Bonchev–Trinajstić information content (AvgIpc) is 3.11. The van der Waals surface area contributed by atoms with Crippen LogP contribution in [0.3, 0.4) is 0 Å². The molecule has 154 valence electrons. The lowest BCUT2D eigenvalue weighted by molar-refractivity contribution is 0.471. The summed E-state index contributed by atoms with van der Waals surface area (Å²) in [6, 6.07) is 11.8. The molecule has 4 aromatic rings. The topological polar surface area (TPSA) is 123 Å². The van der Waals surface area contributed by atoms with Gasteiger partial charge in [-0.15, -0.1) is 0 Å². The van der Waals surface area contributed by atoms with E-state index in [-0.39, 0.29) is 10.6 Å². The number of nitrogens with zero attached hydrogens (tertiary/aromatic N) is 3.